The number of hydrogen-bond donors (Lipinski definition) is 2. The third kappa shape index (κ3) is 3.18. The molecule has 2 N–H and O–H groups in total. The molecule has 3 nitrogen and oxygen atoms in total. The van der Waals surface area contributed by atoms with Crippen molar-refractivity contribution in [3.8, 4) is 0 Å². The van der Waals surface area contributed by atoms with E-state index in [0.29, 0.717) is 6.54 Å². The number of amides is 1. The summed E-state index contributed by atoms with van der Waals surface area (Å²) < 4.78 is 0. The number of hydrogen-bond acceptors (Lipinski definition) is 2. The second kappa shape index (κ2) is 4.13. The molecule has 0 saturated carbocycles. The van der Waals surface area contributed by atoms with E-state index in [1.165, 1.54) is 13.0 Å². The summed E-state index contributed by atoms with van der Waals surface area (Å²) in [5, 5.41) is 11.9. The second-order valence-corrected chi connectivity index (χ2v) is 2.61. The molecule has 1 amide bonds. The van der Waals surface area contributed by atoms with Crippen LogP contribution in [0.15, 0.2) is 12.7 Å². The molecule has 11 heavy (non-hydrogen) atoms. The number of carbonyl (C=O) groups excluding carboxylic acids is 1. The molecule has 1 unspecified atom stereocenters. The van der Waals surface area contributed by atoms with Crippen LogP contribution in [0.4, 0.5) is 0 Å². The molecule has 0 radical (unpaired) electrons. The fraction of sp³-hybridized carbons (Fsp3) is 0.625. The lowest BCUT2D eigenvalue weighted by Crippen LogP contribution is -2.42. The molecule has 0 aromatic carbocycles. The van der Waals surface area contributed by atoms with Crippen LogP contribution < -0.4 is 5.32 Å². The molecule has 64 valence electrons. The quantitative estimate of drug-likeness (QED) is 0.582. The first-order chi connectivity index (χ1) is 5.04. The van der Waals surface area contributed by atoms with E-state index in [-0.39, 0.29) is 0 Å². The standard InChI is InChI=1S/C8H15NO2/c1-4-6-9-7(10)8(3,11)5-2/h5,11H,2,4,6H2,1,3H3,(H,9,10). The smallest absolute Gasteiger partial charge is 0.255 e. The number of nitrogens with one attached hydrogen (secondary N) is 1. The van der Waals surface area contributed by atoms with Crippen LogP contribution >= 0.6 is 0 Å². The van der Waals surface area contributed by atoms with Crippen molar-refractivity contribution >= 4 is 5.91 Å². The first kappa shape index (κ1) is 10.2. The molecule has 0 aliphatic heterocycles. The van der Waals surface area contributed by atoms with Gasteiger partial charge < -0.3 is 10.4 Å². The Balaban J connectivity index is 3.91. The maximum absolute atomic E-state index is 11.0. The summed E-state index contributed by atoms with van der Waals surface area (Å²) in [7, 11) is 0. The highest BCUT2D eigenvalue weighted by molar-refractivity contribution is 5.86. The van der Waals surface area contributed by atoms with E-state index in [0.717, 1.165) is 6.42 Å². The van der Waals surface area contributed by atoms with Gasteiger partial charge in [0.1, 0.15) is 0 Å². The van der Waals surface area contributed by atoms with Crippen molar-refractivity contribution in [1.82, 2.24) is 5.32 Å². The Morgan fingerprint density at radius 2 is 2.36 bits per heavy atom. The van der Waals surface area contributed by atoms with Gasteiger partial charge in [0, 0.05) is 6.54 Å². The minimum Gasteiger partial charge on any atom is -0.376 e. The van der Waals surface area contributed by atoms with Crippen LogP contribution in [0.25, 0.3) is 0 Å². The predicted molar refractivity (Wildman–Crippen MR) is 44.1 cm³/mol. The van der Waals surface area contributed by atoms with Crippen LogP contribution in [-0.4, -0.2) is 23.2 Å². The van der Waals surface area contributed by atoms with Crippen LogP contribution in [-0.2, 0) is 4.79 Å². The number of rotatable bonds is 4. The van der Waals surface area contributed by atoms with Crippen molar-refractivity contribution in [3.05, 3.63) is 12.7 Å². The average Bonchev–Trinajstić information content (AvgIpc) is 2.00. The Kier molecular flexibility index (Phi) is 3.82. The lowest BCUT2D eigenvalue weighted by molar-refractivity contribution is -0.133. The van der Waals surface area contributed by atoms with Gasteiger partial charge in [0.2, 0.25) is 0 Å². The van der Waals surface area contributed by atoms with Crippen LogP contribution in [0.2, 0.25) is 0 Å². The summed E-state index contributed by atoms with van der Waals surface area (Å²) in [6.45, 7) is 7.29. The van der Waals surface area contributed by atoms with E-state index in [1.54, 1.807) is 0 Å². The van der Waals surface area contributed by atoms with Gasteiger partial charge in [-0.3, -0.25) is 4.79 Å². The van der Waals surface area contributed by atoms with Gasteiger partial charge in [-0.15, -0.1) is 0 Å². The van der Waals surface area contributed by atoms with E-state index in [4.69, 9.17) is 0 Å². The first-order valence-corrected chi connectivity index (χ1v) is 3.69. The van der Waals surface area contributed by atoms with E-state index >= 15 is 0 Å². The molecule has 0 spiro atoms. The minimum absolute atomic E-state index is 0.394. The summed E-state index contributed by atoms with van der Waals surface area (Å²) in [4.78, 5) is 11.0. The lowest BCUT2D eigenvalue weighted by atomic mass is 10.1. The van der Waals surface area contributed by atoms with Crippen molar-refractivity contribution in [2.24, 2.45) is 0 Å². The molecule has 3 heteroatoms. The maximum Gasteiger partial charge on any atom is 0.255 e. The third-order valence-corrected chi connectivity index (χ3v) is 1.39. The largest absolute Gasteiger partial charge is 0.376 e. The van der Waals surface area contributed by atoms with Crippen LogP contribution in [0.3, 0.4) is 0 Å². The molecule has 1 atom stereocenters. The third-order valence-electron chi connectivity index (χ3n) is 1.39. The van der Waals surface area contributed by atoms with Gasteiger partial charge in [-0.2, -0.15) is 0 Å². The molecule has 0 rings (SSSR count). The Labute approximate surface area is 67.1 Å². The second-order valence-electron chi connectivity index (χ2n) is 2.61. The van der Waals surface area contributed by atoms with Crippen molar-refractivity contribution < 1.29 is 9.90 Å². The maximum atomic E-state index is 11.0. The topological polar surface area (TPSA) is 49.3 Å². The van der Waals surface area contributed by atoms with Crippen LogP contribution in [0.5, 0.6) is 0 Å². The molecule has 0 aromatic heterocycles. The molecule has 0 aliphatic rings. The summed E-state index contributed by atoms with van der Waals surface area (Å²) in [5.41, 5.74) is -1.44. The first-order valence-electron chi connectivity index (χ1n) is 3.69. The summed E-state index contributed by atoms with van der Waals surface area (Å²) in [6, 6.07) is 0. The molecule has 0 aliphatic carbocycles. The van der Waals surface area contributed by atoms with Gasteiger partial charge >= 0.3 is 0 Å². The molecule has 0 heterocycles. The molecule has 0 aromatic rings. The zero-order chi connectivity index (χ0) is 8.91. The molecule has 0 saturated heterocycles. The van der Waals surface area contributed by atoms with Gasteiger partial charge in [-0.25, -0.2) is 0 Å². The fourth-order valence-corrected chi connectivity index (χ4v) is 0.510. The average molecular weight is 157 g/mol. The monoisotopic (exact) mass is 157 g/mol. The molecule has 0 bridgehead atoms. The normalized spacial score (nSPS) is 15.2. The number of aliphatic hydroxyl groups is 1. The van der Waals surface area contributed by atoms with Gasteiger partial charge in [0.15, 0.2) is 5.60 Å². The summed E-state index contributed by atoms with van der Waals surface area (Å²) in [6.07, 6.45) is 2.08. The molecule has 0 fully saturated rings. The van der Waals surface area contributed by atoms with Crippen molar-refractivity contribution in [2.75, 3.05) is 6.54 Å². The zero-order valence-corrected chi connectivity index (χ0v) is 7.05. The molecular formula is C8H15NO2. The van der Waals surface area contributed by atoms with Crippen molar-refractivity contribution in [2.45, 2.75) is 25.9 Å². The van der Waals surface area contributed by atoms with Gasteiger partial charge in [-0.05, 0) is 13.3 Å². The highest BCUT2D eigenvalue weighted by Crippen LogP contribution is 2.02. The SMILES string of the molecule is C=CC(C)(O)C(=O)NCCC. The van der Waals surface area contributed by atoms with E-state index in [1.807, 2.05) is 6.92 Å². The molecular weight excluding hydrogens is 142 g/mol. The highest BCUT2D eigenvalue weighted by Gasteiger charge is 2.24. The van der Waals surface area contributed by atoms with Crippen molar-refractivity contribution in [1.29, 1.82) is 0 Å². The Hall–Kier alpha value is -0.830. The van der Waals surface area contributed by atoms with Crippen LogP contribution in [0.1, 0.15) is 20.3 Å². The van der Waals surface area contributed by atoms with Crippen LogP contribution in [0, 0.1) is 0 Å². The summed E-state index contributed by atoms with van der Waals surface area (Å²) >= 11 is 0. The van der Waals surface area contributed by atoms with E-state index in [9.17, 15) is 9.90 Å². The summed E-state index contributed by atoms with van der Waals surface area (Å²) in [5.74, 6) is -0.394. The van der Waals surface area contributed by atoms with E-state index in [2.05, 4.69) is 11.9 Å². The Bertz CT molecular complexity index is 152. The van der Waals surface area contributed by atoms with Crippen molar-refractivity contribution in [3.63, 3.8) is 0 Å². The zero-order valence-electron chi connectivity index (χ0n) is 7.05. The lowest BCUT2D eigenvalue weighted by Gasteiger charge is -2.16. The Morgan fingerprint density at radius 3 is 2.73 bits per heavy atom. The minimum atomic E-state index is -1.44. The fourth-order valence-electron chi connectivity index (χ4n) is 0.510. The van der Waals surface area contributed by atoms with Gasteiger partial charge in [-0.1, -0.05) is 19.6 Å². The predicted octanol–water partition coefficient (Wildman–Crippen LogP) is 0.450. The number of carbonyl (C=O) groups is 1. The highest BCUT2D eigenvalue weighted by atomic mass is 16.3. The Morgan fingerprint density at radius 1 is 1.82 bits per heavy atom. The van der Waals surface area contributed by atoms with E-state index < -0.39 is 11.5 Å². The van der Waals surface area contributed by atoms with Gasteiger partial charge in [0.25, 0.3) is 5.91 Å². The van der Waals surface area contributed by atoms with Gasteiger partial charge in [0.05, 0.1) is 0 Å².